The van der Waals surface area contributed by atoms with Crippen LogP contribution in [-0.4, -0.2) is 56.5 Å². The Morgan fingerprint density at radius 3 is 2.19 bits per heavy atom. The molecule has 1 fully saturated rings. The van der Waals surface area contributed by atoms with E-state index < -0.39 is 12.0 Å². The van der Waals surface area contributed by atoms with Crippen LogP contribution in [0.25, 0.3) is 0 Å². The van der Waals surface area contributed by atoms with Gasteiger partial charge in [0.05, 0.1) is 0 Å². The van der Waals surface area contributed by atoms with Crippen molar-refractivity contribution in [2.75, 3.05) is 44.6 Å². The molecule has 9 heteroatoms. The molecule has 0 radical (unpaired) electrons. The van der Waals surface area contributed by atoms with Gasteiger partial charge in [-0.15, -0.1) is 0 Å². The molecular formula is C12H17F3N4O2. The van der Waals surface area contributed by atoms with Crippen molar-refractivity contribution in [1.82, 2.24) is 9.97 Å². The summed E-state index contributed by atoms with van der Waals surface area (Å²) in [6.07, 6.45) is -5.02. The lowest BCUT2D eigenvalue weighted by Crippen LogP contribution is -2.27. The standard InChI is InChI=1S/C12H17F3N4O2/c1-16-9-4-10(18-11(17-9)12(13,14)15)19-5-7(20-2)8(6-19)21-3/h4,7-8H,5-6H2,1-3H3,(H,16,17,18). The zero-order valence-electron chi connectivity index (χ0n) is 11.9. The predicted octanol–water partition coefficient (Wildman–Crippen LogP) is 1.39. The SMILES string of the molecule is CNc1cc(N2CC(OC)C(OC)C2)nc(C(F)(F)F)n1. The summed E-state index contributed by atoms with van der Waals surface area (Å²) in [7, 11) is 4.59. The molecule has 1 aromatic heterocycles. The Balaban J connectivity index is 2.31. The first-order valence-corrected chi connectivity index (χ1v) is 6.33. The van der Waals surface area contributed by atoms with E-state index in [0.29, 0.717) is 13.1 Å². The number of nitrogens with one attached hydrogen (secondary N) is 1. The fourth-order valence-electron chi connectivity index (χ4n) is 2.24. The molecule has 1 aliphatic heterocycles. The first-order valence-electron chi connectivity index (χ1n) is 6.33. The minimum absolute atomic E-state index is 0.113. The molecule has 0 bridgehead atoms. The highest BCUT2D eigenvalue weighted by Gasteiger charge is 2.38. The molecule has 0 aromatic carbocycles. The second-order valence-corrected chi connectivity index (χ2v) is 4.64. The van der Waals surface area contributed by atoms with Crippen LogP contribution in [0.1, 0.15) is 5.82 Å². The molecule has 2 atom stereocenters. The van der Waals surface area contributed by atoms with Gasteiger partial charge in [0, 0.05) is 40.4 Å². The molecular weight excluding hydrogens is 289 g/mol. The number of anilines is 2. The number of nitrogens with zero attached hydrogens (tertiary/aromatic N) is 3. The van der Waals surface area contributed by atoms with E-state index in [1.165, 1.54) is 13.1 Å². The second kappa shape index (κ2) is 6.02. The van der Waals surface area contributed by atoms with Gasteiger partial charge in [0.2, 0.25) is 5.82 Å². The van der Waals surface area contributed by atoms with Gasteiger partial charge in [-0.2, -0.15) is 13.2 Å². The lowest BCUT2D eigenvalue weighted by atomic mass is 10.3. The van der Waals surface area contributed by atoms with Crippen LogP contribution < -0.4 is 10.2 Å². The molecule has 1 aromatic rings. The number of ether oxygens (including phenoxy) is 2. The van der Waals surface area contributed by atoms with Crippen molar-refractivity contribution in [3.63, 3.8) is 0 Å². The molecule has 0 amide bonds. The average Bonchev–Trinajstić information content (AvgIpc) is 2.89. The Morgan fingerprint density at radius 2 is 1.76 bits per heavy atom. The summed E-state index contributed by atoms with van der Waals surface area (Å²) in [6.45, 7) is 0.818. The number of alkyl halides is 3. The van der Waals surface area contributed by atoms with Crippen LogP contribution in [0.5, 0.6) is 0 Å². The van der Waals surface area contributed by atoms with Crippen LogP contribution in [0.2, 0.25) is 0 Å². The molecule has 118 valence electrons. The van der Waals surface area contributed by atoms with Crippen LogP contribution >= 0.6 is 0 Å². The molecule has 1 N–H and O–H groups in total. The van der Waals surface area contributed by atoms with E-state index in [-0.39, 0.29) is 23.8 Å². The quantitative estimate of drug-likeness (QED) is 0.907. The van der Waals surface area contributed by atoms with Crippen molar-refractivity contribution in [2.24, 2.45) is 0 Å². The Morgan fingerprint density at radius 1 is 1.19 bits per heavy atom. The Bertz CT molecular complexity index is 486. The molecule has 0 spiro atoms. The third-order valence-electron chi connectivity index (χ3n) is 3.37. The maximum atomic E-state index is 12.8. The van der Waals surface area contributed by atoms with Gasteiger partial charge in [-0.3, -0.25) is 0 Å². The van der Waals surface area contributed by atoms with Gasteiger partial charge in [-0.1, -0.05) is 0 Å². The number of methoxy groups -OCH3 is 2. The van der Waals surface area contributed by atoms with Gasteiger partial charge in [0.1, 0.15) is 23.8 Å². The van der Waals surface area contributed by atoms with E-state index in [2.05, 4.69) is 15.3 Å². The molecule has 0 aliphatic carbocycles. The topological polar surface area (TPSA) is 59.5 Å². The fourth-order valence-corrected chi connectivity index (χ4v) is 2.24. The number of hydrogen-bond donors (Lipinski definition) is 1. The first-order chi connectivity index (χ1) is 9.88. The van der Waals surface area contributed by atoms with Crippen molar-refractivity contribution >= 4 is 11.6 Å². The van der Waals surface area contributed by atoms with Crippen LogP contribution in [0.3, 0.4) is 0 Å². The molecule has 1 saturated heterocycles. The lowest BCUT2D eigenvalue weighted by molar-refractivity contribution is -0.144. The Hall–Kier alpha value is -1.61. The first kappa shape index (κ1) is 15.8. The largest absolute Gasteiger partial charge is 0.451 e. The summed E-state index contributed by atoms with van der Waals surface area (Å²) < 4.78 is 49.1. The monoisotopic (exact) mass is 306 g/mol. The van der Waals surface area contributed by atoms with Crippen molar-refractivity contribution in [1.29, 1.82) is 0 Å². The Kier molecular flexibility index (Phi) is 4.52. The second-order valence-electron chi connectivity index (χ2n) is 4.64. The molecule has 0 saturated carbocycles. The third kappa shape index (κ3) is 3.35. The van der Waals surface area contributed by atoms with Crippen molar-refractivity contribution in [3.05, 3.63) is 11.9 Å². The average molecular weight is 306 g/mol. The molecule has 21 heavy (non-hydrogen) atoms. The highest BCUT2D eigenvalue weighted by Crippen LogP contribution is 2.30. The zero-order valence-corrected chi connectivity index (χ0v) is 11.9. The summed E-state index contributed by atoms with van der Waals surface area (Å²) in [5.74, 6) is -0.857. The molecule has 2 unspecified atom stereocenters. The predicted molar refractivity (Wildman–Crippen MR) is 70.4 cm³/mol. The lowest BCUT2D eigenvalue weighted by Gasteiger charge is -2.19. The number of aromatic nitrogens is 2. The minimum atomic E-state index is -4.59. The van der Waals surface area contributed by atoms with Crippen LogP contribution in [0, 0.1) is 0 Å². The highest BCUT2D eigenvalue weighted by atomic mass is 19.4. The van der Waals surface area contributed by atoms with E-state index in [0.717, 1.165) is 0 Å². The number of halogens is 3. The molecule has 2 heterocycles. The van der Waals surface area contributed by atoms with Crippen LogP contribution in [0.4, 0.5) is 24.8 Å². The van der Waals surface area contributed by atoms with Crippen LogP contribution in [0.15, 0.2) is 6.07 Å². The van der Waals surface area contributed by atoms with E-state index in [9.17, 15) is 13.2 Å². The fraction of sp³-hybridized carbons (Fsp3) is 0.667. The Labute approximate surface area is 120 Å². The van der Waals surface area contributed by atoms with E-state index >= 15 is 0 Å². The summed E-state index contributed by atoms with van der Waals surface area (Å²) in [4.78, 5) is 8.74. The van der Waals surface area contributed by atoms with Crippen molar-refractivity contribution in [2.45, 2.75) is 18.4 Å². The molecule has 1 aliphatic rings. The maximum absolute atomic E-state index is 12.8. The summed E-state index contributed by atoms with van der Waals surface area (Å²) in [5, 5.41) is 2.61. The summed E-state index contributed by atoms with van der Waals surface area (Å²) in [5.41, 5.74) is 0. The van der Waals surface area contributed by atoms with Gasteiger partial charge >= 0.3 is 6.18 Å². The van der Waals surface area contributed by atoms with Gasteiger partial charge < -0.3 is 19.7 Å². The van der Waals surface area contributed by atoms with E-state index in [1.54, 1.807) is 19.1 Å². The van der Waals surface area contributed by atoms with Crippen LogP contribution in [-0.2, 0) is 15.7 Å². The van der Waals surface area contributed by atoms with E-state index in [4.69, 9.17) is 9.47 Å². The van der Waals surface area contributed by atoms with E-state index in [1.807, 2.05) is 0 Å². The zero-order chi connectivity index (χ0) is 15.6. The number of hydrogen-bond acceptors (Lipinski definition) is 6. The smallest absolute Gasteiger partial charge is 0.377 e. The normalized spacial score (nSPS) is 22.7. The molecule has 6 nitrogen and oxygen atoms in total. The van der Waals surface area contributed by atoms with Gasteiger partial charge in [-0.05, 0) is 0 Å². The van der Waals surface area contributed by atoms with Gasteiger partial charge in [0.25, 0.3) is 0 Å². The summed E-state index contributed by atoms with van der Waals surface area (Å²) >= 11 is 0. The minimum Gasteiger partial charge on any atom is -0.377 e. The molecule has 2 rings (SSSR count). The van der Waals surface area contributed by atoms with Gasteiger partial charge in [0.15, 0.2) is 0 Å². The number of rotatable bonds is 4. The highest BCUT2D eigenvalue weighted by molar-refractivity contribution is 5.50. The summed E-state index contributed by atoms with van der Waals surface area (Å²) in [6, 6.07) is 1.47. The van der Waals surface area contributed by atoms with Crippen molar-refractivity contribution in [3.8, 4) is 0 Å². The third-order valence-corrected chi connectivity index (χ3v) is 3.37. The van der Waals surface area contributed by atoms with Gasteiger partial charge in [-0.25, -0.2) is 9.97 Å². The van der Waals surface area contributed by atoms with Crippen molar-refractivity contribution < 1.29 is 22.6 Å². The maximum Gasteiger partial charge on any atom is 0.451 e.